The van der Waals surface area contributed by atoms with Gasteiger partial charge in [0.1, 0.15) is 12.4 Å². The molecule has 0 aliphatic rings. The summed E-state index contributed by atoms with van der Waals surface area (Å²) >= 11 is 6.14. The van der Waals surface area contributed by atoms with E-state index in [1.807, 2.05) is 38.1 Å². The van der Waals surface area contributed by atoms with Crippen molar-refractivity contribution in [3.63, 3.8) is 0 Å². The van der Waals surface area contributed by atoms with E-state index in [1.165, 1.54) is 7.11 Å². The van der Waals surface area contributed by atoms with Gasteiger partial charge in [0.2, 0.25) is 0 Å². The van der Waals surface area contributed by atoms with Crippen LogP contribution in [-0.4, -0.2) is 13.1 Å². The third-order valence-corrected chi connectivity index (χ3v) is 3.82. The van der Waals surface area contributed by atoms with Crippen molar-refractivity contribution in [2.24, 2.45) is 0 Å². The van der Waals surface area contributed by atoms with Gasteiger partial charge in [0.25, 0.3) is 0 Å². The van der Waals surface area contributed by atoms with E-state index < -0.39 is 0 Å². The molecule has 0 heterocycles. The molecule has 0 aliphatic heterocycles. The number of hydrogen-bond acceptors (Lipinski definition) is 3. The van der Waals surface area contributed by atoms with E-state index in [-0.39, 0.29) is 5.97 Å². The first-order valence-corrected chi connectivity index (χ1v) is 6.96. The first-order valence-electron chi connectivity index (χ1n) is 6.58. The van der Waals surface area contributed by atoms with Crippen LogP contribution in [0.2, 0.25) is 5.02 Å². The minimum Gasteiger partial charge on any atom is -0.489 e. The lowest BCUT2D eigenvalue weighted by atomic mass is 10.1. The second kappa shape index (κ2) is 6.64. The van der Waals surface area contributed by atoms with Gasteiger partial charge in [-0.05, 0) is 43.2 Å². The number of ether oxygens (including phenoxy) is 2. The second-order valence-electron chi connectivity index (χ2n) is 4.81. The van der Waals surface area contributed by atoms with Crippen molar-refractivity contribution in [1.29, 1.82) is 0 Å². The Labute approximate surface area is 129 Å². The summed E-state index contributed by atoms with van der Waals surface area (Å²) in [6.45, 7) is 4.17. The van der Waals surface area contributed by atoms with Crippen LogP contribution in [0.15, 0.2) is 36.4 Å². The maximum Gasteiger partial charge on any atom is 0.338 e. The molecule has 0 unspecified atom stereocenters. The van der Waals surface area contributed by atoms with Crippen molar-refractivity contribution in [2.75, 3.05) is 7.11 Å². The summed E-state index contributed by atoms with van der Waals surface area (Å²) in [4.78, 5) is 11.7. The minimum atomic E-state index is -0.363. The smallest absolute Gasteiger partial charge is 0.338 e. The molecule has 4 heteroatoms. The Morgan fingerprint density at radius 2 is 1.76 bits per heavy atom. The summed E-state index contributed by atoms with van der Waals surface area (Å²) in [5.74, 6) is 0.367. The molecule has 2 aromatic rings. The quantitative estimate of drug-likeness (QED) is 0.789. The largest absolute Gasteiger partial charge is 0.489 e. The van der Waals surface area contributed by atoms with Crippen LogP contribution in [0.5, 0.6) is 5.75 Å². The Morgan fingerprint density at radius 1 is 1.14 bits per heavy atom. The van der Waals surface area contributed by atoms with Crippen molar-refractivity contribution in [3.8, 4) is 5.75 Å². The number of aryl methyl sites for hydroxylation is 2. The first kappa shape index (κ1) is 15.4. The molecular weight excluding hydrogens is 288 g/mol. The van der Waals surface area contributed by atoms with E-state index >= 15 is 0 Å². The highest BCUT2D eigenvalue weighted by Gasteiger charge is 2.11. The Hall–Kier alpha value is -2.00. The molecule has 0 spiro atoms. The lowest BCUT2D eigenvalue weighted by Crippen LogP contribution is -2.07. The van der Waals surface area contributed by atoms with Gasteiger partial charge in [0.05, 0.1) is 12.7 Å². The van der Waals surface area contributed by atoms with Crippen molar-refractivity contribution >= 4 is 17.6 Å². The highest BCUT2D eigenvalue weighted by Crippen LogP contribution is 2.26. The van der Waals surface area contributed by atoms with Crippen LogP contribution >= 0.6 is 11.6 Å². The molecule has 0 fully saturated rings. The molecule has 0 aliphatic carbocycles. The van der Waals surface area contributed by atoms with Crippen LogP contribution in [-0.2, 0) is 11.3 Å². The standard InChI is InChI=1S/C17H17ClO3/c1-11-8-14(9-12(2)16(11)18)21-10-13-6-4-5-7-15(13)17(19)20-3/h4-9H,10H2,1-3H3. The first-order chi connectivity index (χ1) is 10.0. The molecule has 2 rings (SSSR count). The molecule has 0 N–H and O–H groups in total. The van der Waals surface area contributed by atoms with Crippen LogP contribution < -0.4 is 4.74 Å². The van der Waals surface area contributed by atoms with Crippen molar-refractivity contribution in [3.05, 3.63) is 63.7 Å². The second-order valence-corrected chi connectivity index (χ2v) is 5.19. The summed E-state index contributed by atoms with van der Waals surface area (Å²) in [5, 5.41) is 0.748. The molecular formula is C17H17ClO3. The molecule has 0 amide bonds. The minimum absolute atomic E-state index is 0.297. The molecule has 0 atom stereocenters. The van der Waals surface area contributed by atoms with Crippen LogP contribution in [0.1, 0.15) is 27.0 Å². The average molecular weight is 305 g/mol. The highest BCUT2D eigenvalue weighted by atomic mass is 35.5. The van der Waals surface area contributed by atoms with E-state index in [2.05, 4.69) is 0 Å². The van der Waals surface area contributed by atoms with E-state index in [0.29, 0.717) is 12.2 Å². The Bertz CT molecular complexity index is 642. The lowest BCUT2D eigenvalue weighted by Gasteiger charge is -2.12. The summed E-state index contributed by atoms with van der Waals surface area (Å²) in [6.07, 6.45) is 0. The van der Waals surface area contributed by atoms with Gasteiger partial charge in [-0.2, -0.15) is 0 Å². The van der Waals surface area contributed by atoms with E-state index in [9.17, 15) is 4.79 Å². The summed E-state index contributed by atoms with van der Waals surface area (Å²) in [5.41, 5.74) is 3.23. The van der Waals surface area contributed by atoms with E-state index in [1.54, 1.807) is 12.1 Å². The normalized spacial score (nSPS) is 10.3. The zero-order valence-electron chi connectivity index (χ0n) is 12.3. The fourth-order valence-electron chi connectivity index (χ4n) is 2.11. The zero-order valence-corrected chi connectivity index (χ0v) is 13.0. The average Bonchev–Trinajstić information content (AvgIpc) is 2.50. The number of carbonyl (C=O) groups is 1. The predicted molar refractivity (Wildman–Crippen MR) is 83.0 cm³/mol. The number of halogens is 1. The fraction of sp³-hybridized carbons (Fsp3) is 0.235. The van der Waals surface area contributed by atoms with Gasteiger partial charge in [0, 0.05) is 10.6 Å². The molecule has 3 nitrogen and oxygen atoms in total. The Balaban J connectivity index is 2.19. The Morgan fingerprint density at radius 3 is 2.38 bits per heavy atom. The molecule has 110 valence electrons. The van der Waals surface area contributed by atoms with Gasteiger partial charge >= 0.3 is 5.97 Å². The summed E-state index contributed by atoms with van der Waals surface area (Å²) in [7, 11) is 1.37. The summed E-state index contributed by atoms with van der Waals surface area (Å²) < 4.78 is 10.5. The number of hydrogen-bond donors (Lipinski definition) is 0. The molecule has 0 bridgehead atoms. The fourth-order valence-corrected chi connectivity index (χ4v) is 2.21. The summed E-state index contributed by atoms with van der Waals surface area (Å²) in [6, 6.07) is 11.0. The number of rotatable bonds is 4. The number of benzene rings is 2. The highest BCUT2D eigenvalue weighted by molar-refractivity contribution is 6.32. The van der Waals surface area contributed by atoms with Crippen molar-refractivity contribution < 1.29 is 14.3 Å². The Kier molecular flexibility index (Phi) is 4.86. The molecule has 0 aromatic heterocycles. The maximum atomic E-state index is 11.7. The van der Waals surface area contributed by atoms with Gasteiger partial charge in [-0.1, -0.05) is 29.8 Å². The molecule has 0 radical (unpaired) electrons. The molecule has 2 aromatic carbocycles. The molecule has 21 heavy (non-hydrogen) atoms. The molecule has 0 saturated heterocycles. The predicted octanol–water partition coefficient (Wildman–Crippen LogP) is 4.32. The van der Waals surface area contributed by atoms with Crippen LogP contribution in [0, 0.1) is 13.8 Å². The van der Waals surface area contributed by atoms with E-state index in [0.717, 1.165) is 27.5 Å². The molecule has 0 saturated carbocycles. The maximum absolute atomic E-state index is 11.7. The van der Waals surface area contributed by atoms with Gasteiger partial charge in [-0.3, -0.25) is 0 Å². The van der Waals surface area contributed by atoms with E-state index in [4.69, 9.17) is 21.1 Å². The van der Waals surface area contributed by atoms with Crippen molar-refractivity contribution in [1.82, 2.24) is 0 Å². The van der Waals surface area contributed by atoms with Gasteiger partial charge in [-0.15, -0.1) is 0 Å². The van der Waals surface area contributed by atoms with Gasteiger partial charge < -0.3 is 9.47 Å². The number of carbonyl (C=O) groups excluding carboxylic acids is 1. The van der Waals surface area contributed by atoms with Crippen LogP contribution in [0.3, 0.4) is 0 Å². The van der Waals surface area contributed by atoms with Crippen LogP contribution in [0.25, 0.3) is 0 Å². The number of esters is 1. The zero-order chi connectivity index (χ0) is 15.4. The van der Waals surface area contributed by atoms with Crippen LogP contribution in [0.4, 0.5) is 0 Å². The SMILES string of the molecule is COC(=O)c1ccccc1COc1cc(C)c(Cl)c(C)c1. The third kappa shape index (κ3) is 3.56. The third-order valence-electron chi connectivity index (χ3n) is 3.23. The monoisotopic (exact) mass is 304 g/mol. The van der Waals surface area contributed by atoms with Crippen molar-refractivity contribution in [2.45, 2.75) is 20.5 Å². The van der Waals surface area contributed by atoms with Gasteiger partial charge in [-0.25, -0.2) is 4.79 Å². The van der Waals surface area contributed by atoms with Gasteiger partial charge in [0.15, 0.2) is 0 Å². The number of methoxy groups -OCH3 is 1. The lowest BCUT2D eigenvalue weighted by molar-refractivity contribution is 0.0597. The topological polar surface area (TPSA) is 35.5 Å².